The Morgan fingerprint density at radius 3 is 2.42 bits per heavy atom. The number of anilines is 1. The maximum absolute atomic E-state index is 12.8. The van der Waals surface area contributed by atoms with Gasteiger partial charge in [0.2, 0.25) is 0 Å². The Bertz CT molecular complexity index is 1340. The number of carbonyl (C=O) groups is 1. The summed E-state index contributed by atoms with van der Waals surface area (Å²) in [7, 11) is 0. The molecule has 0 bridgehead atoms. The average Bonchev–Trinajstić information content (AvgIpc) is 3.31. The Labute approximate surface area is 190 Å². The number of rotatable bonds is 7. The van der Waals surface area contributed by atoms with E-state index in [1.165, 1.54) is 5.56 Å². The Hall–Kier alpha value is -4.27. The van der Waals surface area contributed by atoms with Gasteiger partial charge in [-0.3, -0.25) is 24.3 Å². The van der Waals surface area contributed by atoms with Gasteiger partial charge in [0.15, 0.2) is 5.82 Å². The van der Waals surface area contributed by atoms with Crippen LogP contribution >= 0.6 is 0 Å². The smallest absolute Gasteiger partial charge is 0.305 e. The minimum atomic E-state index is -0.421. The van der Waals surface area contributed by atoms with Gasteiger partial charge in [-0.05, 0) is 44.0 Å². The van der Waals surface area contributed by atoms with Crippen LogP contribution in [0.25, 0.3) is 0 Å². The normalized spacial score (nSPS) is 10.9. The number of hydrogen-bond acceptors (Lipinski definition) is 5. The van der Waals surface area contributed by atoms with E-state index in [0.717, 1.165) is 11.1 Å². The van der Waals surface area contributed by atoms with Gasteiger partial charge in [0, 0.05) is 17.8 Å². The van der Waals surface area contributed by atoms with E-state index in [2.05, 4.69) is 21.6 Å². The van der Waals surface area contributed by atoms with Crippen LogP contribution in [0.5, 0.6) is 0 Å². The van der Waals surface area contributed by atoms with Crippen molar-refractivity contribution in [1.29, 1.82) is 0 Å². The highest BCUT2D eigenvalue weighted by molar-refractivity contribution is 6.03. The van der Waals surface area contributed by atoms with Crippen LogP contribution < -0.4 is 5.32 Å². The molecule has 2 heterocycles. The molecule has 9 heteroatoms. The lowest BCUT2D eigenvalue weighted by Gasteiger charge is -2.07. The number of amides is 1. The fourth-order valence-corrected chi connectivity index (χ4v) is 3.79. The van der Waals surface area contributed by atoms with Crippen molar-refractivity contribution in [3.63, 3.8) is 0 Å². The molecule has 0 aliphatic heterocycles. The molecule has 0 spiro atoms. The van der Waals surface area contributed by atoms with E-state index in [4.69, 9.17) is 0 Å². The molecule has 4 aromatic rings. The van der Waals surface area contributed by atoms with Crippen molar-refractivity contribution in [3.8, 4) is 0 Å². The summed E-state index contributed by atoms with van der Waals surface area (Å²) < 4.78 is 3.36. The lowest BCUT2D eigenvalue weighted by atomic mass is 10.1. The average molecular weight is 444 g/mol. The summed E-state index contributed by atoms with van der Waals surface area (Å²) in [5.74, 6) is 0.184. The zero-order chi connectivity index (χ0) is 23.5. The van der Waals surface area contributed by atoms with Crippen molar-refractivity contribution < 1.29 is 9.72 Å². The van der Waals surface area contributed by atoms with E-state index < -0.39 is 4.92 Å². The first-order chi connectivity index (χ1) is 15.8. The lowest BCUT2D eigenvalue weighted by Crippen LogP contribution is -2.14. The van der Waals surface area contributed by atoms with Gasteiger partial charge in [-0.2, -0.15) is 10.2 Å². The standard InChI is InChI=1S/C24H24N6O3/c1-16-6-4-7-19(12-16)14-28-11-10-22(27-28)25-24(31)21-9-5-8-20(13-21)15-29-18(3)23(30(32)33)17(2)26-29/h4-13H,14-15H2,1-3H3,(H,25,27,31). The van der Waals surface area contributed by atoms with Crippen LogP contribution in [-0.4, -0.2) is 30.4 Å². The Balaban J connectivity index is 1.45. The summed E-state index contributed by atoms with van der Waals surface area (Å²) in [6.07, 6.45) is 1.82. The second kappa shape index (κ2) is 9.07. The minimum Gasteiger partial charge on any atom is -0.305 e. The molecule has 33 heavy (non-hydrogen) atoms. The molecule has 4 rings (SSSR count). The second-order valence-electron chi connectivity index (χ2n) is 7.98. The molecule has 0 saturated heterocycles. The molecule has 9 nitrogen and oxygen atoms in total. The van der Waals surface area contributed by atoms with Crippen LogP contribution in [-0.2, 0) is 13.1 Å². The third kappa shape index (κ3) is 4.98. The van der Waals surface area contributed by atoms with Crippen molar-refractivity contribution in [2.75, 3.05) is 5.32 Å². The summed E-state index contributed by atoms with van der Waals surface area (Å²) in [4.78, 5) is 23.6. The zero-order valence-electron chi connectivity index (χ0n) is 18.6. The van der Waals surface area contributed by atoms with E-state index in [-0.39, 0.29) is 11.6 Å². The van der Waals surface area contributed by atoms with Gasteiger partial charge in [-0.15, -0.1) is 0 Å². The van der Waals surface area contributed by atoms with Crippen LogP contribution in [0.2, 0.25) is 0 Å². The van der Waals surface area contributed by atoms with Crippen molar-refractivity contribution in [3.05, 3.63) is 105 Å². The summed E-state index contributed by atoms with van der Waals surface area (Å²) in [5, 5.41) is 22.8. The van der Waals surface area contributed by atoms with Crippen LogP contribution in [0, 0.1) is 30.9 Å². The summed E-state index contributed by atoms with van der Waals surface area (Å²) in [6, 6.07) is 17.0. The van der Waals surface area contributed by atoms with E-state index in [1.54, 1.807) is 47.5 Å². The Morgan fingerprint density at radius 2 is 1.73 bits per heavy atom. The Kier molecular flexibility index (Phi) is 6.03. The van der Waals surface area contributed by atoms with Crippen LogP contribution in [0.4, 0.5) is 11.5 Å². The molecule has 0 aliphatic rings. The number of benzene rings is 2. The maximum atomic E-state index is 12.8. The number of nitrogens with one attached hydrogen (secondary N) is 1. The third-order valence-electron chi connectivity index (χ3n) is 5.36. The summed E-state index contributed by atoms with van der Waals surface area (Å²) >= 11 is 0. The highest BCUT2D eigenvalue weighted by Crippen LogP contribution is 2.22. The van der Waals surface area contributed by atoms with Crippen molar-refractivity contribution in [2.24, 2.45) is 0 Å². The number of hydrogen-bond donors (Lipinski definition) is 1. The molecule has 168 valence electrons. The number of carbonyl (C=O) groups excluding carboxylic acids is 1. The highest BCUT2D eigenvalue weighted by Gasteiger charge is 2.21. The van der Waals surface area contributed by atoms with E-state index in [9.17, 15) is 14.9 Å². The van der Waals surface area contributed by atoms with E-state index >= 15 is 0 Å². The fourth-order valence-electron chi connectivity index (χ4n) is 3.79. The molecule has 1 amide bonds. The zero-order valence-corrected chi connectivity index (χ0v) is 18.6. The van der Waals surface area contributed by atoms with Gasteiger partial charge in [0.1, 0.15) is 11.4 Å². The largest absolute Gasteiger partial charge is 0.312 e. The van der Waals surface area contributed by atoms with Gasteiger partial charge >= 0.3 is 5.69 Å². The quantitative estimate of drug-likeness (QED) is 0.338. The maximum Gasteiger partial charge on any atom is 0.312 e. The second-order valence-corrected chi connectivity index (χ2v) is 7.98. The molecule has 0 saturated carbocycles. The number of aromatic nitrogens is 4. The first kappa shape index (κ1) is 21.9. The van der Waals surface area contributed by atoms with Crippen LogP contribution in [0.1, 0.15) is 38.4 Å². The molecule has 0 unspecified atom stereocenters. The molecule has 0 aliphatic carbocycles. The van der Waals surface area contributed by atoms with Gasteiger partial charge in [-0.25, -0.2) is 0 Å². The molecule has 2 aromatic heterocycles. The van der Waals surface area contributed by atoms with Gasteiger partial charge in [-0.1, -0.05) is 42.0 Å². The van der Waals surface area contributed by atoms with E-state index in [0.29, 0.717) is 35.9 Å². The van der Waals surface area contributed by atoms with Crippen LogP contribution in [0.15, 0.2) is 60.8 Å². The molecule has 1 N–H and O–H groups in total. The molecule has 0 atom stereocenters. The SMILES string of the molecule is Cc1cccc(Cn2ccc(NC(=O)c3cccc(Cn4nc(C)c([N+](=O)[O-])c4C)c3)n2)c1. The Morgan fingerprint density at radius 1 is 1.00 bits per heavy atom. The fraction of sp³-hybridized carbons (Fsp3) is 0.208. The molecular formula is C24H24N6O3. The first-order valence-corrected chi connectivity index (χ1v) is 10.5. The van der Waals surface area contributed by atoms with Gasteiger partial charge < -0.3 is 5.32 Å². The minimum absolute atomic E-state index is 0.0187. The highest BCUT2D eigenvalue weighted by atomic mass is 16.6. The number of nitro groups is 1. The third-order valence-corrected chi connectivity index (χ3v) is 5.36. The predicted molar refractivity (Wildman–Crippen MR) is 124 cm³/mol. The molecule has 0 fully saturated rings. The number of nitrogens with zero attached hydrogens (tertiary/aromatic N) is 5. The van der Waals surface area contributed by atoms with E-state index in [1.807, 2.05) is 37.4 Å². The molecule has 0 radical (unpaired) electrons. The van der Waals surface area contributed by atoms with Gasteiger partial charge in [0.25, 0.3) is 5.91 Å². The summed E-state index contributed by atoms with van der Waals surface area (Å²) in [5.41, 5.74) is 4.46. The van der Waals surface area contributed by atoms with Crippen molar-refractivity contribution in [2.45, 2.75) is 33.9 Å². The van der Waals surface area contributed by atoms with Crippen molar-refractivity contribution in [1.82, 2.24) is 19.6 Å². The topological polar surface area (TPSA) is 108 Å². The lowest BCUT2D eigenvalue weighted by molar-refractivity contribution is -0.386. The molecular weight excluding hydrogens is 420 g/mol. The molecule has 2 aromatic carbocycles. The number of aryl methyl sites for hydroxylation is 2. The van der Waals surface area contributed by atoms with Crippen LogP contribution in [0.3, 0.4) is 0 Å². The van der Waals surface area contributed by atoms with Gasteiger partial charge in [0.05, 0.1) is 18.0 Å². The monoisotopic (exact) mass is 444 g/mol. The first-order valence-electron chi connectivity index (χ1n) is 10.5. The summed E-state index contributed by atoms with van der Waals surface area (Å²) in [6.45, 7) is 6.27. The van der Waals surface area contributed by atoms with Crippen molar-refractivity contribution >= 4 is 17.4 Å². The predicted octanol–water partition coefficient (Wildman–Crippen LogP) is 4.26.